The lowest BCUT2D eigenvalue weighted by Gasteiger charge is -2.03. The zero-order chi connectivity index (χ0) is 11.3. The lowest BCUT2D eigenvalue weighted by Crippen LogP contribution is -1.98. The maximum atomic E-state index is 7.74. The molecule has 1 aromatic heterocycles. The minimum Gasteiger partial charge on any atom is -0.300 e. The van der Waals surface area contributed by atoms with Crippen LogP contribution in [0.3, 0.4) is 0 Å². The molecule has 1 rings (SSSR count). The van der Waals surface area contributed by atoms with Crippen molar-refractivity contribution in [3.05, 3.63) is 54.4 Å². The van der Waals surface area contributed by atoms with E-state index in [-0.39, 0.29) is 0 Å². The van der Waals surface area contributed by atoms with E-state index in [1.807, 2.05) is 19.1 Å². The highest BCUT2D eigenvalue weighted by Gasteiger charge is 2.02. The molecule has 0 atom stereocenters. The van der Waals surface area contributed by atoms with Gasteiger partial charge in [0.25, 0.3) is 0 Å². The van der Waals surface area contributed by atoms with Crippen LogP contribution in [0.5, 0.6) is 0 Å². The third-order valence-electron chi connectivity index (χ3n) is 2.01. The highest BCUT2D eigenvalue weighted by Crippen LogP contribution is 2.12. The van der Waals surface area contributed by atoms with Crippen LogP contribution in [0.15, 0.2) is 37.6 Å². The van der Waals surface area contributed by atoms with Gasteiger partial charge in [-0.25, -0.2) is 0 Å². The highest BCUT2D eigenvalue weighted by atomic mass is 14.7. The quantitative estimate of drug-likeness (QED) is 0.740. The first-order chi connectivity index (χ1) is 7.22. The van der Waals surface area contributed by atoms with Gasteiger partial charge < -0.3 is 5.41 Å². The molecular weight excluding hydrogens is 184 g/mol. The Bertz CT molecular complexity index is 428. The van der Waals surface area contributed by atoms with Crippen LogP contribution < -0.4 is 0 Å². The molecule has 0 fully saturated rings. The van der Waals surface area contributed by atoms with Crippen molar-refractivity contribution in [2.45, 2.75) is 6.92 Å². The third-order valence-corrected chi connectivity index (χ3v) is 2.01. The molecule has 0 aromatic carbocycles. The van der Waals surface area contributed by atoms with Gasteiger partial charge in [-0.15, -0.1) is 0 Å². The highest BCUT2D eigenvalue weighted by molar-refractivity contribution is 6.06. The molecule has 1 heterocycles. The topological polar surface area (TPSA) is 36.7 Å². The minimum absolute atomic E-state index is 0.448. The van der Waals surface area contributed by atoms with Crippen molar-refractivity contribution in [3.8, 4) is 0 Å². The van der Waals surface area contributed by atoms with Crippen LogP contribution >= 0.6 is 0 Å². The summed E-state index contributed by atoms with van der Waals surface area (Å²) in [5.74, 6) is 0. The van der Waals surface area contributed by atoms with Crippen LogP contribution in [0.25, 0.3) is 12.2 Å². The van der Waals surface area contributed by atoms with Gasteiger partial charge in [-0.3, -0.25) is 4.98 Å². The van der Waals surface area contributed by atoms with E-state index < -0.39 is 0 Å². The fourth-order valence-corrected chi connectivity index (χ4v) is 1.24. The Kier molecular flexibility index (Phi) is 3.75. The smallest absolute Gasteiger partial charge is 0.0696 e. The number of rotatable bonds is 4. The lowest BCUT2D eigenvalue weighted by molar-refractivity contribution is 1.27. The number of hydrogen-bond acceptors (Lipinski definition) is 2. The molecule has 0 saturated heterocycles. The summed E-state index contributed by atoms with van der Waals surface area (Å²) in [6.07, 6.45) is 8.64. The van der Waals surface area contributed by atoms with Gasteiger partial charge in [0, 0.05) is 17.3 Å². The van der Waals surface area contributed by atoms with Crippen molar-refractivity contribution in [1.82, 2.24) is 4.98 Å². The number of aromatic nitrogens is 1. The molecule has 2 heteroatoms. The average Bonchev–Trinajstić information content (AvgIpc) is 2.28. The first kappa shape index (κ1) is 11.1. The SMILES string of the molecule is C=Cc1cc(C(=N)/C=C\C)cnc1C=C. The van der Waals surface area contributed by atoms with E-state index in [2.05, 4.69) is 18.1 Å². The molecule has 0 aliphatic rings. The Balaban J connectivity index is 3.19. The molecule has 0 aliphatic heterocycles. The van der Waals surface area contributed by atoms with E-state index in [9.17, 15) is 0 Å². The fraction of sp³-hybridized carbons (Fsp3) is 0.0769. The zero-order valence-electron chi connectivity index (χ0n) is 8.83. The van der Waals surface area contributed by atoms with Gasteiger partial charge in [-0.05, 0) is 25.1 Å². The van der Waals surface area contributed by atoms with Crippen LogP contribution in [0.1, 0.15) is 23.7 Å². The van der Waals surface area contributed by atoms with E-state index in [4.69, 9.17) is 5.41 Å². The molecule has 2 nitrogen and oxygen atoms in total. The Labute approximate surface area is 90.2 Å². The summed E-state index contributed by atoms with van der Waals surface area (Å²) in [5, 5.41) is 7.74. The molecule has 0 spiro atoms. The summed E-state index contributed by atoms with van der Waals surface area (Å²) < 4.78 is 0. The van der Waals surface area contributed by atoms with E-state index in [1.165, 1.54) is 0 Å². The molecule has 0 aliphatic carbocycles. The van der Waals surface area contributed by atoms with Gasteiger partial charge in [-0.1, -0.05) is 25.3 Å². The summed E-state index contributed by atoms with van der Waals surface area (Å²) in [7, 11) is 0. The summed E-state index contributed by atoms with van der Waals surface area (Å²) in [4.78, 5) is 4.21. The molecule has 15 heavy (non-hydrogen) atoms. The largest absolute Gasteiger partial charge is 0.300 e. The predicted molar refractivity (Wildman–Crippen MR) is 66.1 cm³/mol. The summed E-state index contributed by atoms with van der Waals surface area (Å²) in [6, 6.07) is 1.89. The maximum absolute atomic E-state index is 7.74. The Hall–Kier alpha value is -1.96. The summed E-state index contributed by atoms with van der Waals surface area (Å²) in [6.45, 7) is 9.27. The zero-order valence-corrected chi connectivity index (χ0v) is 8.83. The van der Waals surface area contributed by atoms with Crippen molar-refractivity contribution < 1.29 is 0 Å². The number of allylic oxidation sites excluding steroid dienone is 2. The second-order valence-corrected chi connectivity index (χ2v) is 3.02. The molecule has 1 N–H and O–H groups in total. The molecule has 0 bridgehead atoms. The second-order valence-electron chi connectivity index (χ2n) is 3.02. The van der Waals surface area contributed by atoms with E-state index in [0.717, 1.165) is 16.8 Å². The Morgan fingerprint density at radius 2 is 2.13 bits per heavy atom. The molecule has 1 aromatic rings. The predicted octanol–water partition coefficient (Wildman–Crippen LogP) is 3.31. The average molecular weight is 198 g/mol. The Morgan fingerprint density at radius 1 is 1.40 bits per heavy atom. The maximum Gasteiger partial charge on any atom is 0.0696 e. The van der Waals surface area contributed by atoms with Crippen molar-refractivity contribution >= 4 is 17.9 Å². The summed E-state index contributed by atoms with van der Waals surface area (Å²) >= 11 is 0. The number of nitrogens with one attached hydrogen (secondary N) is 1. The first-order valence-electron chi connectivity index (χ1n) is 4.69. The van der Waals surface area contributed by atoms with E-state index >= 15 is 0 Å². The van der Waals surface area contributed by atoms with E-state index in [1.54, 1.807) is 24.4 Å². The van der Waals surface area contributed by atoms with Crippen LogP contribution in [-0.2, 0) is 0 Å². The van der Waals surface area contributed by atoms with Crippen LogP contribution in [0.2, 0.25) is 0 Å². The van der Waals surface area contributed by atoms with Crippen molar-refractivity contribution in [2.75, 3.05) is 0 Å². The Morgan fingerprint density at radius 3 is 2.67 bits per heavy atom. The second kappa shape index (κ2) is 5.05. The van der Waals surface area contributed by atoms with Crippen LogP contribution in [-0.4, -0.2) is 10.7 Å². The first-order valence-corrected chi connectivity index (χ1v) is 4.69. The van der Waals surface area contributed by atoms with Gasteiger partial charge >= 0.3 is 0 Å². The molecule has 0 radical (unpaired) electrons. The van der Waals surface area contributed by atoms with Gasteiger partial charge in [-0.2, -0.15) is 0 Å². The number of pyridine rings is 1. The van der Waals surface area contributed by atoms with Gasteiger partial charge in [0.2, 0.25) is 0 Å². The standard InChI is InChI=1S/C13H14N2/c1-4-7-12(14)11-8-10(5-2)13(6-3)15-9-11/h4-9,14H,2-3H2,1H3/b7-4-,14-12?. The van der Waals surface area contributed by atoms with Crippen LogP contribution in [0.4, 0.5) is 0 Å². The van der Waals surface area contributed by atoms with Crippen molar-refractivity contribution in [3.63, 3.8) is 0 Å². The monoisotopic (exact) mass is 198 g/mol. The number of hydrogen-bond donors (Lipinski definition) is 1. The van der Waals surface area contributed by atoms with Gasteiger partial charge in [0.05, 0.1) is 11.4 Å². The lowest BCUT2D eigenvalue weighted by atomic mass is 10.1. The normalized spacial score (nSPS) is 10.2. The molecule has 0 amide bonds. The fourth-order valence-electron chi connectivity index (χ4n) is 1.24. The van der Waals surface area contributed by atoms with Crippen LogP contribution in [0, 0.1) is 5.41 Å². The minimum atomic E-state index is 0.448. The van der Waals surface area contributed by atoms with E-state index in [0.29, 0.717) is 5.71 Å². The van der Waals surface area contributed by atoms with Crippen molar-refractivity contribution in [1.29, 1.82) is 5.41 Å². The van der Waals surface area contributed by atoms with Gasteiger partial charge in [0.15, 0.2) is 0 Å². The van der Waals surface area contributed by atoms with Gasteiger partial charge in [0.1, 0.15) is 0 Å². The van der Waals surface area contributed by atoms with Crippen molar-refractivity contribution in [2.24, 2.45) is 0 Å². The molecule has 0 unspecified atom stereocenters. The molecular formula is C13H14N2. The molecule has 0 saturated carbocycles. The summed E-state index contributed by atoms with van der Waals surface area (Å²) in [5.41, 5.74) is 2.93. The molecule has 76 valence electrons. The third kappa shape index (κ3) is 2.50. The number of nitrogens with zero attached hydrogens (tertiary/aromatic N) is 1.